The number of ether oxygens (including phenoxy) is 2. The molecule has 2 aromatic carbocycles. The van der Waals surface area contributed by atoms with Crippen LogP contribution in [0.1, 0.15) is 11.1 Å². The van der Waals surface area contributed by atoms with Crippen LogP contribution < -0.4 is 14.8 Å². The van der Waals surface area contributed by atoms with E-state index >= 15 is 0 Å². The van der Waals surface area contributed by atoms with Crippen LogP contribution >= 0.6 is 11.3 Å². The van der Waals surface area contributed by atoms with Gasteiger partial charge in [-0.3, -0.25) is 0 Å². The van der Waals surface area contributed by atoms with E-state index in [1.165, 1.54) is 23.5 Å². The molecule has 0 amide bonds. The van der Waals surface area contributed by atoms with Gasteiger partial charge in [-0.15, -0.1) is 11.3 Å². The first-order valence-corrected chi connectivity index (χ1v) is 8.30. The van der Waals surface area contributed by atoms with Gasteiger partial charge in [0.15, 0.2) is 16.6 Å². The summed E-state index contributed by atoms with van der Waals surface area (Å²) < 4.78 is 24.3. The van der Waals surface area contributed by atoms with Crippen molar-refractivity contribution in [2.75, 3.05) is 12.4 Å². The summed E-state index contributed by atoms with van der Waals surface area (Å²) in [7, 11) is 1.61. The summed E-state index contributed by atoms with van der Waals surface area (Å²) in [6, 6.07) is 12.0. The molecule has 0 bridgehead atoms. The fourth-order valence-corrected chi connectivity index (χ4v) is 2.77. The molecule has 3 rings (SSSR count). The van der Waals surface area contributed by atoms with Gasteiger partial charge in [-0.2, -0.15) is 0 Å². The Bertz CT molecular complexity index is 776. The lowest BCUT2D eigenvalue weighted by molar-refractivity contribution is 0.281. The molecule has 1 heterocycles. The van der Waals surface area contributed by atoms with Crippen molar-refractivity contribution < 1.29 is 13.9 Å². The molecule has 0 aliphatic heterocycles. The number of aromatic nitrogens is 1. The first-order chi connectivity index (χ1) is 11.8. The smallest absolute Gasteiger partial charge is 0.182 e. The number of thiazole rings is 1. The van der Waals surface area contributed by atoms with Crippen LogP contribution in [0.4, 0.5) is 9.52 Å². The van der Waals surface area contributed by atoms with E-state index in [1.807, 2.05) is 23.6 Å². The minimum Gasteiger partial charge on any atom is -0.493 e. The fraction of sp³-hybridized carbons (Fsp3) is 0.167. The first kappa shape index (κ1) is 16.3. The Hall–Kier alpha value is -2.60. The number of nitrogens with one attached hydrogen (secondary N) is 1. The number of anilines is 1. The van der Waals surface area contributed by atoms with E-state index < -0.39 is 0 Å². The second-order valence-corrected chi connectivity index (χ2v) is 5.95. The van der Waals surface area contributed by atoms with Crippen molar-refractivity contribution in [2.24, 2.45) is 0 Å². The Kier molecular flexibility index (Phi) is 5.28. The molecule has 0 atom stereocenters. The minimum atomic E-state index is -0.260. The molecule has 1 aromatic heterocycles. The van der Waals surface area contributed by atoms with Gasteiger partial charge in [-0.05, 0) is 23.8 Å². The van der Waals surface area contributed by atoms with E-state index in [-0.39, 0.29) is 5.82 Å². The molecular formula is C18H17FN2O2S. The quantitative estimate of drug-likeness (QED) is 0.686. The predicted octanol–water partition coefficient (Wildman–Crippen LogP) is 4.48. The number of benzene rings is 2. The highest BCUT2D eigenvalue weighted by Gasteiger charge is 2.11. The summed E-state index contributed by atoms with van der Waals surface area (Å²) in [6.07, 6.45) is 1.75. The van der Waals surface area contributed by atoms with Gasteiger partial charge < -0.3 is 14.8 Å². The third-order valence-electron chi connectivity index (χ3n) is 3.44. The van der Waals surface area contributed by atoms with Gasteiger partial charge in [0.25, 0.3) is 0 Å². The zero-order valence-corrected chi connectivity index (χ0v) is 14.0. The van der Waals surface area contributed by atoms with Crippen LogP contribution in [-0.4, -0.2) is 12.1 Å². The largest absolute Gasteiger partial charge is 0.493 e. The normalized spacial score (nSPS) is 10.4. The summed E-state index contributed by atoms with van der Waals surface area (Å²) in [5.41, 5.74) is 1.85. The third-order valence-corrected chi connectivity index (χ3v) is 4.17. The number of rotatable bonds is 7. The lowest BCUT2D eigenvalue weighted by Crippen LogP contribution is -2.05. The van der Waals surface area contributed by atoms with Crippen LogP contribution in [-0.2, 0) is 13.2 Å². The average molecular weight is 344 g/mol. The van der Waals surface area contributed by atoms with Crippen molar-refractivity contribution in [3.63, 3.8) is 0 Å². The summed E-state index contributed by atoms with van der Waals surface area (Å²) in [6.45, 7) is 0.911. The molecule has 0 spiro atoms. The number of hydrogen-bond donors (Lipinski definition) is 1. The maximum atomic E-state index is 13.0. The standard InChI is InChI=1S/C18H17FN2O2S/c1-22-16-4-2-3-14(11-21-18-20-9-10-24-18)17(16)23-12-13-5-7-15(19)8-6-13/h2-10H,11-12H2,1H3,(H,20,21). The molecule has 6 heteroatoms. The molecular weight excluding hydrogens is 327 g/mol. The molecule has 0 radical (unpaired) electrons. The molecule has 3 aromatic rings. The van der Waals surface area contributed by atoms with E-state index in [2.05, 4.69) is 10.3 Å². The molecule has 0 fully saturated rings. The highest BCUT2D eigenvalue weighted by molar-refractivity contribution is 7.13. The van der Waals surface area contributed by atoms with Gasteiger partial charge in [0.05, 0.1) is 7.11 Å². The van der Waals surface area contributed by atoms with E-state index in [1.54, 1.807) is 25.4 Å². The SMILES string of the molecule is COc1cccc(CNc2nccs2)c1OCc1ccc(F)cc1. The highest BCUT2D eigenvalue weighted by atomic mass is 32.1. The second kappa shape index (κ2) is 7.79. The lowest BCUT2D eigenvalue weighted by Gasteiger charge is -2.15. The van der Waals surface area contributed by atoms with Gasteiger partial charge >= 0.3 is 0 Å². The highest BCUT2D eigenvalue weighted by Crippen LogP contribution is 2.32. The molecule has 0 saturated heterocycles. The van der Waals surface area contributed by atoms with Crippen molar-refractivity contribution in [1.29, 1.82) is 0 Å². The lowest BCUT2D eigenvalue weighted by atomic mass is 10.1. The molecule has 0 aliphatic rings. The van der Waals surface area contributed by atoms with Crippen molar-refractivity contribution in [1.82, 2.24) is 4.98 Å². The van der Waals surface area contributed by atoms with Crippen LogP contribution in [0.25, 0.3) is 0 Å². The van der Waals surface area contributed by atoms with Gasteiger partial charge in [0.2, 0.25) is 0 Å². The van der Waals surface area contributed by atoms with E-state index in [4.69, 9.17) is 9.47 Å². The number of para-hydroxylation sites is 1. The Morgan fingerprint density at radius 3 is 2.71 bits per heavy atom. The summed E-state index contributed by atoms with van der Waals surface area (Å²) in [4.78, 5) is 4.21. The van der Waals surface area contributed by atoms with Crippen LogP contribution in [0.3, 0.4) is 0 Å². The summed E-state index contributed by atoms with van der Waals surface area (Å²) in [5.74, 6) is 1.08. The van der Waals surface area contributed by atoms with Gasteiger partial charge in [0, 0.05) is 23.7 Å². The Morgan fingerprint density at radius 2 is 2.00 bits per heavy atom. The van der Waals surface area contributed by atoms with Gasteiger partial charge in [-0.25, -0.2) is 9.37 Å². The van der Waals surface area contributed by atoms with Crippen molar-refractivity contribution >= 4 is 16.5 Å². The van der Waals surface area contributed by atoms with E-state index in [0.29, 0.717) is 24.7 Å². The number of nitrogens with zero attached hydrogens (tertiary/aromatic N) is 1. The average Bonchev–Trinajstić information content (AvgIpc) is 3.13. The molecule has 0 unspecified atom stereocenters. The molecule has 0 aliphatic carbocycles. The third kappa shape index (κ3) is 4.02. The number of methoxy groups -OCH3 is 1. The van der Waals surface area contributed by atoms with Crippen molar-refractivity contribution in [3.05, 3.63) is 71.0 Å². The van der Waals surface area contributed by atoms with Gasteiger partial charge in [0.1, 0.15) is 12.4 Å². The topological polar surface area (TPSA) is 43.4 Å². The first-order valence-electron chi connectivity index (χ1n) is 7.43. The van der Waals surface area contributed by atoms with E-state index in [9.17, 15) is 4.39 Å². The number of halogens is 1. The van der Waals surface area contributed by atoms with Gasteiger partial charge in [-0.1, -0.05) is 24.3 Å². The van der Waals surface area contributed by atoms with Crippen molar-refractivity contribution in [2.45, 2.75) is 13.2 Å². The van der Waals surface area contributed by atoms with Crippen LogP contribution in [0.5, 0.6) is 11.5 Å². The maximum Gasteiger partial charge on any atom is 0.182 e. The summed E-state index contributed by atoms with van der Waals surface area (Å²) in [5, 5.41) is 6.03. The Balaban J connectivity index is 1.75. The minimum absolute atomic E-state index is 0.260. The van der Waals surface area contributed by atoms with Crippen LogP contribution in [0.15, 0.2) is 54.0 Å². The van der Waals surface area contributed by atoms with Crippen LogP contribution in [0.2, 0.25) is 0 Å². The molecule has 1 N–H and O–H groups in total. The van der Waals surface area contributed by atoms with Crippen molar-refractivity contribution in [3.8, 4) is 11.5 Å². The monoisotopic (exact) mass is 344 g/mol. The molecule has 124 valence electrons. The Labute approximate surface area is 143 Å². The fourth-order valence-electron chi connectivity index (χ4n) is 2.24. The van der Waals surface area contributed by atoms with E-state index in [0.717, 1.165) is 16.3 Å². The molecule has 24 heavy (non-hydrogen) atoms. The zero-order valence-electron chi connectivity index (χ0n) is 13.2. The maximum absolute atomic E-state index is 13.0. The molecule has 4 nitrogen and oxygen atoms in total. The number of hydrogen-bond acceptors (Lipinski definition) is 5. The second-order valence-electron chi connectivity index (χ2n) is 5.05. The molecule has 0 saturated carbocycles. The zero-order chi connectivity index (χ0) is 16.8. The summed E-state index contributed by atoms with van der Waals surface area (Å²) >= 11 is 1.54. The Morgan fingerprint density at radius 1 is 1.17 bits per heavy atom. The van der Waals surface area contributed by atoms with Crippen LogP contribution in [0, 0.1) is 5.82 Å². The predicted molar refractivity (Wildman–Crippen MR) is 93.2 cm³/mol.